The lowest BCUT2D eigenvalue weighted by Gasteiger charge is -2.17. The van der Waals surface area contributed by atoms with E-state index in [1.54, 1.807) is 0 Å². The van der Waals surface area contributed by atoms with Crippen LogP contribution < -0.4 is 4.74 Å². The number of benzene rings is 1. The molecule has 1 heterocycles. The summed E-state index contributed by atoms with van der Waals surface area (Å²) in [7, 11) is 0. The van der Waals surface area contributed by atoms with E-state index in [1.807, 2.05) is 0 Å². The molecule has 3 rings (SSSR count). The standard InChI is InChI=1S/C15H6BrF6NO2/c16-9-5-6(3-4-23-9)25-8-2-1-7-10(11(8)13(17)18)12(24)15(21,22)14(7,19)20/h1-5,13H. The molecule has 0 amide bonds. The first-order valence-corrected chi connectivity index (χ1v) is 7.42. The second-order valence-electron chi connectivity index (χ2n) is 5.09. The van der Waals surface area contributed by atoms with Gasteiger partial charge in [-0.3, -0.25) is 4.79 Å². The molecule has 1 aromatic carbocycles. The summed E-state index contributed by atoms with van der Waals surface area (Å²) in [6.07, 6.45) is -2.22. The number of alkyl halides is 6. The minimum Gasteiger partial charge on any atom is -0.457 e. The number of carbonyl (C=O) groups is 1. The molecule has 0 fully saturated rings. The van der Waals surface area contributed by atoms with Crippen molar-refractivity contribution in [1.82, 2.24) is 4.98 Å². The molecule has 1 aliphatic carbocycles. The first kappa shape index (κ1) is 17.7. The number of ether oxygens (including phenoxy) is 1. The molecule has 0 unspecified atom stereocenters. The lowest BCUT2D eigenvalue weighted by molar-refractivity contribution is -0.176. The quantitative estimate of drug-likeness (QED) is 0.481. The first-order chi connectivity index (χ1) is 11.6. The Morgan fingerprint density at radius 3 is 2.36 bits per heavy atom. The Morgan fingerprint density at radius 1 is 1.08 bits per heavy atom. The van der Waals surface area contributed by atoms with Gasteiger partial charge in [-0.25, -0.2) is 13.8 Å². The van der Waals surface area contributed by atoms with Crippen molar-refractivity contribution in [2.45, 2.75) is 18.3 Å². The minimum atomic E-state index is -5.10. The van der Waals surface area contributed by atoms with E-state index >= 15 is 0 Å². The van der Waals surface area contributed by atoms with Gasteiger partial charge in [-0.05, 0) is 34.1 Å². The number of hydrogen-bond donors (Lipinski definition) is 0. The summed E-state index contributed by atoms with van der Waals surface area (Å²) in [6.45, 7) is 0. The number of ketones is 1. The monoisotopic (exact) mass is 425 g/mol. The van der Waals surface area contributed by atoms with E-state index in [4.69, 9.17) is 4.74 Å². The van der Waals surface area contributed by atoms with Gasteiger partial charge in [-0.2, -0.15) is 17.6 Å². The van der Waals surface area contributed by atoms with Gasteiger partial charge in [0.1, 0.15) is 16.1 Å². The van der Waals surface area contributed by atoms with Crippen LogP contribution in [0.2, 0.25) is 0 Å². The van der Waals surface area contributed by atoms with E-state index in [1.165, 1.54) is 18.3 Å². The van der Waals surface area contributed by atoms with Crippen LogP contribution in [-0.2, 0) is 5.92 Å². The van der Waals surface area contributed by atoms with Crippen molar-refractivity contribution < 1.29 is 35.9 Å². The summed E-state index contributed by atoms with van der Waals surface area (Å²) < 4.78 is 86.9. The predicted molar refractivity (Wildman–Crippen MR) is 76.6 cm³/mol. The van der Waals surface area contributed by atoms with E-state index in [0.717, 1.165) is 0 Å². The van der Waals surface area contributed by atoms with E-state index < -0.39 is 46.5 Å². The van der Waals surface area contributed by atoms with Crippen molar-refractivity contribution in [1.29, 1.82) is 0 Å². The molecule has 0 saturated carbocycles. The van der Waals surface area contributed by atoms with Gasteiger partial charge in [-0.15, -0.1) is 0 Å². The molecule has 3 nitrogen and oxygen atoms in total. The van der Waals surface area contributed by atoms with Gasteiger partial charge in [0.15, 0.2) is 0 Å². The highest BCUT2D eigenvalue weighted by atomic mass is 79.9. The Morgan fingerprint density at radius 2 is 1.76 bits per heavy atom. The fraction of sp³-hybridized carbons (Fsp3) is 0.200. The van der Waals surface area contributed by atoms with Crippen molar-refractivity contribution in [2.24, 2.45) is 0 Å². The lowest BCUT2D eigenvalue weighted by Crippen LogP contribution is -2.38. The van der Waals surface area contributed by atoms with Crippen molar-refractivity contribution in [2.75, 3.05) is 0 Å². The molecule has 1 aromatic heterocycles. The fourth-order valence-corrected chi connectivity index (χ4v) is 2.80. The SMILES string of the molecule is O=C1c2c(ccc(Oc3ccnc(Br)c3)c2C(F)F)C(F)(F)C1(F)F. The third-order valence-electron chi connectivity index (χ3n) is 3.59. The van der Waals surface area contributed by atoms with Gasteiger partial charge in [0.25, 0.3) is 6.43 Å². The Labute approximate surface area is 144 Å². The van der Waals surface area contributed by atoms with E-state index in [0.29, 0.717) is 16.7 Å². The molecule has 0 atom stereocenters. The zero-order valence-electron chi connectivity index (χ0n) is 11.9. The molecule has 0 radical (unpaired) electrons. The first-order valence-electron chi connectivity index (χ1n) is 6.62. The number of Topliss-reactive ketones (excluding diaryl/α,β-unsaturated/α-hetero) is 1. The van der Waals surface area contributed by atoms with Crippen molar-refractivity contribution in [3.05, 3.63) is 51.8 Å². The van der Waals surface area contributed by atoms with Gasteiger partial charge in [0, 0.05) is 23.4 Å². The molecule has 0 N–H and O–H groups in total. The van der Waals surface area contributed by atoms with Crippen molar-refractivity contribution in [3.8, 4) is 11.5 Å². The highest BCUT2D eigenvalue weighted by Crippen LogP contribution is 2.55. The lowest BCUT2D eigenvalue weighted by atomic mass is 10.0. The number of pyridine rings is 1. The Hall–Kier alpha value is -2.10. The summed E-state index contributed by atoms with van der Waals surface area (Å²) in [5, 5.41) is 0. The molecular formula is C15H6BrF6NO2. The van der Waals surface area contributed by atoms with Crippen LogP contribution >= 0.6 is 15.9 Å². The summed E-state index contributed by atoms with van der Waals surface area (Å²) >= 11 is 3.02. The van der Waals surface area contributed by atoms with Crippen molar-refractivity contribution >= 4 is 21.7 Å². The smallest absolute Gasteiger partial charge is 0.376 e. The Kier molecular flexibility index (Phi) is 4.05. The topological polar surface area (TPSA) is 39.2 Å². The van der Waals surface area contributed by atoms with E-state index in [2.05, 4.69) is 20.9 Å². The molecule has 1 aliphatic rings. The third kappa shape index (κ3) is 2.59. The van der Waals surface area contributed by atoms with Gasteiger partial charge in [-0.1, -0.05) is 0 Å². The molecule has 132 valence electrons. The second-order valence-corrected chi connectivity index (χ2v) is 5.91. The Balaban J connectivity index is 2.19. The zero-order valence-corrected chi connectivity index (χ0v) is 13.5. The summed E-state index contributed by atoms with van der Waals surface area (Å²) in [5.41, 5.74) is -4.15. The minimum absolute atomic E-state index is 0.00677. The number of hydrogen-bond acceptors (Lipinski definition) is 3. The molecule has 0 saturated heterocycles. The van der Waals surface area contributed by atoms with E-state index in [9.17, 15) is 31.1 Å². The third-order valence-corrected chi connectivity index (χ3v) is 4.03. The van der Waals surface area contributed by atoms with Gasteiger partial charge in [0.05, 0.1) is 5.56 Å². The average molecular weight is 426 g/mol. The van der Waals surface area contributed by atoms with Crippen LogP contribution in [0, 0.1) is 0 Å². The molecule has 0 aliphatic heterocycles. The van der Waals surface area contributed by atoms with E-state index in [-0.39, 0.29) is 5.75 Å². The van der Waals surface area contributed by atoms with Crippen LogP contribution in [0.5, 0.6) is 11.5 Å². The predicted octanol–water partition coefficient (Wildman–Crippen LogP) is 5.50. The number of halogens is 7. The highest BCUT2D eigenvalue weighted by molar-refractivity contribution is 9.10. The number of aromatic nitrogens is 1. The summed E-state index contributed by atoms with van der Waals surface area (Å²) in [6, 6.07) is 3.76. The van der Waals surface area contributed by atoms with Crippen LogP contribution in [0.15, 0.2) is 35.1 Å². The van der Waals surface area contributed by atoms with Gasteiger partial charge in [0.2, 0.25) is 5.78 Å². The maximum Gasteiger partial charge on any atom is 0.376 e. The van der Waals surface area contributed by atoms with Crippen LogP contribution in [0.3, 0.4) is 0 Å². The summed E-state index contributed by atoms with van der Waals surface area (Å²) in [4.78, 5) is 15.5. The van der Waals surface area contributed by atoms with Crippen LogP contribution in [0.4, 0.5) is 26.3 Å². The fourth-order valence-electron chi connectivity index (χ4n) is 2.46. The molecule has 25 heavy (non-hydrogen) atoms. The summed E-state index contributed by atoms with van der Waals surface area (Å²) in [5.74, 6) is -13.0. The molecular weight excluding hydrogens is 420 g/mol. The molecule has 2 aromatic rings. The average Bonchev–Trinajstić information content (AvgIpc) is 2.65. The molecule has 10 heteroatoms. The number of fused-ring (bicyclic) bond motifs is 1. The van der Waals surface area contributed by atoms with Crippen LogP contribution in [0.25, 0.3) is 0 Å². The zero-order chi connectivity index (χ0) is 18.6. The number of carbonyl (C=O) groups excluding carboxylic acids is 1. The van der Waals surface area contributed by atoms with Crippen LogP contribution in [0.1, 0.15) is 27.9 Å². The number of nitrogens with zero attached hydrogens (tertiary/aromatic N) is 1. The number of rotatable bonds is 3. The Bertz CT molecular complexity index is 871. The van der Waals surface area contributed by atoms with Gasteiger partial charge < -0.3 is 4.74 Å². The normalized spacial score (nSPS) is 17.7. The maximum absolute atomic E-state index is 13.7. The van der Waals surface area contributed by atoms with Crippen LogP contribution in [-0.4, -0.2) is 16.7 Å². The van der Waals surface area contributed by atoms with Crippen molar-refractivity contribution in [3.63, 3.8) is 0 Å². The largest absolute Gasteiger partial charge is 0.457 e. The highest BCUT2D eigenvalue weighted by Gasteiger charge is 2.70. The molecule has 0 bridgehead atoms. The van der Waals surface area contributed by atoms with Gasteiger partial charge >= 0.3 is 11.8 Å². The second kappa shape index (κ2) is 5.72. The maximum atomic E-state index is 13.7. The molecule has 0 spiro atoms.